The topological polar surface area (TPSA) is 45.8 Å². The fraction of sp³-hybridized carbons (Fsp3) is 0.556. The predicted octanol–water partition coefficient (Wildman–Crippen LogP) is 2.96. The van der Waals surface area contributed by atoms with E-state index in [0.29, 0.717) is 10.3 Å². The Bertz CT molecular complexity index is 387. The van der Waals surface area contributed by atoms with Crippen molar-refractivity contribution in [1.82, 2.24) is 9.97 Å². The number of alkyl halides is 1. The Morgan fingerprint density at radius 3 is 2.43 bits per heavy atom. The van der Waals surface area contributed by atoms with Crippen LogP contribution in [0.15, 0.2) is 9.27 Å². The summed E-state index contributed by atoms with van der Waals surface area (Å²) in [6, 6.07) is 0. The quantitative estimate of drug-likeness (QED) is 0.846. The van der Waals surface area contributed by atoms with Gasteiger partial charge < -0.3 is 4.98 Å². The molecule has 0 spiro atoms. The SMILES string of the molecule is CC(C)c1nc(C(C)Cl)[nH]c(=O)c1Br. The molecule has 0 aliphatic heterocycles. The first-order chi connectivity index (χ1) is 6.43. The van der Waals surface area contributed by atoms with E-state index in [1.54, 1.807) is 6.92 Å². The highest BCUT2D eigenvalue weighted by atomic mass is 79.9. The second-order valence-corrected chi connectivity index (χ2v) is 4.87. The lowest BCUT2D eigenvalue weighted by Gasteiger charge is -2.09. The van der Waals surface area contributed by atoms with Crippen LogP contribution in [0.4, 0.5) is 0 Å². The largest absolute Gasteiger partial charge is 0.308 e. The van der Waals surface area contributed by atoms with Crippen molar-refractivity contribution in [1.29, 1.82) is 0 Å². The first-order valence-electron chi connectivity index (χ1n) is 4.37. The molecule has 78 valence electrons. The minimum absolute atomic E-state index is 0.175. The van der Waals surface area contributed by atoms with Gasteiger partial charge in [0.15, 0.2) is 0 Å². The summed E-state index contributed by atoms with van der Waals surface area (Å²) in [5.74, 6) is 0.712. The zero-order valence-electron chi connectivity index (χ0n) is 8.27. The maximum Gasteiger partial charge on any atom is 0.265 e. The molecule has 0 aliphatic carbocycles. The average molecular weight is 280 g/mol. The molecule has 0 saturated heterocycles. The number of hydrogen-bond donors (Lipinski definition) is 1. The summed E-state index contributed by atoms with van der Waals surface area (Å²) in [5, 5.41) is -0.284. The van der Waals surface area contributed by atoms with E-state index in [2.05, 4.69) is 25.9 Å². The number of aromatic nitrogens is 2. The highest BCUT2D eigenvalue weighted by molar-refractivity contribution is 9.10. The van der Waals surface area contributed by atoms with Crippen molar-refractivity contribution in [3.63, 3.8) is 0 Å². The molecule has 5 heteroatoms. The van der Waals surface area contributed by atoms with E-state index >= 15 is 0 Å². The third kappa shape index (κ3) is 2.36. The molecule has 0 saturated carbocycles. The third-order valence-electron chi connectivity index (χ3n) is 1.83. The van der Waals surface area contributed by atoms with Gasteiger partial charge in [-0.2, -0.15) is 0 Å². The molecule has 0 bridgehead atoms. The van der Waals surface area contributed by atoms with Crippen LogP contribution in [0.1, 0.15) is 43.6 Å². The third-order valence-corrected chi connectivity index (χ3v) is 2.80. The lowest BCUT2D eigenvalue weighted by atomic mass is 10.1. The van der Waals surface area contributed by atoms with E-state index in [-0.39, 0.29) is 16.9 Å². The number of halogens is 2. The van der Waals surface area contributed by atoms with E-state index in [4.69, 9.17) is 11.6 Å². The van der Waals surface area contributed by atoms with Gasteiger partial charge in [-0.05, 0) is 28.8 Å². The van der Waals surface area contributed by atoms with Gasteiger partial charge in [-0.15, -0.1) is 11.6 Å². The molecule has 1 atom stereocenters. The molecule has 0 amide bonds. The van der Waals surface area contributed by atoms with Gasteiger partial charge in [-0.25, -0.2) is 4.98 Å². The van der Waals surface area contributed by atoms with Crippen molar-refractivity contribution >= 4 is 27.5 Å². The van der Waals surface area contributed by atoms with E-state index in [0.717, 1.165) is 5.69 Å². The normalized spacial score (nSPS) is 13.3. The molecular weight excluding hydrogens is 267 g/mol. The molecule has 14 heavy (non-hydrogen) atoms. The Morgan fingerprint density at radius 2 is 2.00 bits per heavy atom. The average Bonchev–Trinajstić information content (AvgIpc) is 2.08. The zero-order valence-corrected chi connectivity index (χ0v) is 10.6. The summed E-state index contributed by atoms with van der Waals surface area (Å²) in [5.41, 5.74) is 0.572. The van der Waals surface area contributed by atoms with Crippen LogP contribution in [0.3, 0.4) is 0 Å². The van der Waals surface area contributed by atoms with Crippen LogP contribution in [-0.2, 0) is 0 Å². The Kier molecular flexibility index (Phi) is 3.72. The number of rotatable bonds is 2. The number of hydrogen-bond acceptors (Lipinski definition) is 2. The first-order valence-corrected chi connectivity index (χ1v) is 5.60. The van der Waals surface area contributed by atoms with E-state index in [1.807, 2.05) is 13.8 Å². The van der Waals surface area contributed by atoms with Crippen molar-refractivity contribution in [2.75, 3.05) is 0 Å². The number of nitrogens with zero attached hydrogens (tertiary/aromatic N) is 1. The van der Waals surface area contributed by atoms with Gasteiger partial charge in [0.2, 0.25) is 0 Å². The Morgan fingerprint density at radius 1 is 1.43 bits per heavy atom. The predicted molar refractivity (Wildman–Crippen MR) is 60.9 cm³/mol. The monoisotopic (exact) mass is 278 g/mol. The second kappa shape index (κ2) is 4.45. The standard InChI is InChI=1S/C9H12BrClN2O/c1-4(2)7-6(10)9(14)13-8(12-7)5(3)11/h4-5H,1-3H3,(H,12,13,14). The molecule has 1 rings (SSSR count). The summed E-state index contributed by atoms with van der Waals surface area (Å²) in [6.07, 6.45) is 0. The Hall–Kier alpha value is -0.350. The minimum atomic E-state index is -0.284. The minimum Gasteiger partial charge on any atom is -0.308 e. The van der Waals surface area contributed by atoms with Gasteiger partial charge in [0.25, 0.3) is 5.56 Å². The van der Waals surface area contributed by atoms with Crippen molar-refractivity contribution in [2.24, 2.45) is 0 Å². The molecule has 1 heterocycles. The van der Waals surface area contributed by atoms with E-state index in [9.17, 15) is 4.79 Å². The molecule has 1 N–H and O–H groups in total. The van der Waals surface area contributed by atoms with Crippen LogP contribution in [-0.4, -0.2) is 9.97 Å². The van der Waals surface area contributed by atoms with Crippen LogP contribution < -0.4 is 5.56 Å². The number of H-pyrrole nitrogens is 1. The maximum atomic E-state index is 11.5. The fourth-order valence-corrected chi connectivity index (χ4v) is 1.81. The maximum absolute atomic E-state index is 11.5. The number of aromatic amines is 1. The molecule has 0 aromatic carbocycles. The fourth-order valence-electron chi connectivity index (χ4n) is 1.07. The summed E-state index contributed by atoms with van der Waals surface area (Å²) in [6.45, 7) is 5.74. The van der Waals surface area contributed by atoms with Crippen LogP contribution >= 0.6 is 27.5 Å². The molecule has 1 unspecified atom stereocenters. The van der Waals surface area contributed by atoms with Crippen molar-refractivity contribution in [3.05, 3.63) is 26.3 Å². The molecule has 1 aromatic heterocycles. The molecule has 3 nitrogen and oxygen atoms in total. The zero-order chi connectivity index (χ0) is 10.9. The van der Waals surface area contributed by atoms with Crippen LogP contribution in [0, 0.1) is 0 Å². The Balaban J connectivity index is 3.36. The Labute approximate surface area is 96.0 Å². The molecule has 1 aromatic rings. The van der Waals surface area contributed by atoms with E-state index < -0.39 is 0 Å². The molecule has 0 aliphatic rings. The summed E-state index contributed by atoms with van der Waals surface area (Å²) >= 11 is 9.07. The van der Waals surface area contributed by atoms with Gasteiger partial charge in [0, 0.05) is 0 Å². The lowest BCUT2D eigenvalue weighted by Crippen LogP contribution is -2.16. The van der Waals surface area contributed by atoms with Gasteiger partial charge in [0.05, 0.1) is 11.1 Å². The highest BCUT2D eigenvalue weighted by Gasteiger charge is 2.14. The van der Waals surface area contributed by atoms with Gasteiger partial charge in [-0.1, -0.05) is 13.8 Å². The summed E-state index contributed by atoms with van der Waals surface area (Å²) in [4.78, 5) is 18.4. The summed E-state index contributed by atoms with van der Waals surface area (Å²) in [7, 11) is 0. The van der Waals surface area contributed by atoms with Crippen LogP contribution in [0.2, 0.25) is 0 Å². The van der Waals surface area contributed by atoms with Gasteiger partial charge in [-0.3, -0.25) is 4.79 Å². The number of nitrogens with one attached hydrogen (secondary N) is 1. The van der Waals surface area contributed by atoms with Crippen molar-refractivity contribution < 1.29 is 0 Å². The smallest absolute Gasteiger partial charge is 0.265 e. The van der Waals surface area contributed by atoms with Crippen LogP contribution in [0.25, 0.3) is 0 Å². The van der Waals surface area contributed by atoms with Crippen molar-refractivity contribution in [3.8, 4) is 0 Å². The second-order valence-electron chi connectivity index (χ2n) is 3.42. The highest BCUT2D eigenvalue weighted by Crippen LogP contribution is 2.21. The molecular formula is C9H12BrClN2O. The first kappa shape index (κ1) is 11.7. The van der Waals surface area contributed by atoms with Crippen molar-refractivity contribution in [2.45, 2.75) is 32.1 Å². The lowest BCUT2D eigenvalue weighted by molar-refractivity contribution is 0.764. The van der Waals surface area contributed by atoms with Crippen LogP contribution in [0.5, 0.6) is 0 Å². The van der Waals surface area contributed by atoms with E-state index in [1.165, 1.54) is 0 Å². The van der Waals surface area contributed by atoms with Gasteiger partial charge in [0.1, 0.15) is 10.3 Å². The summed E-state index contributed by atoms with van der Waals surface area (Å²) < 4.78 is 0.494. The molecule has 0 fully saturated rings. The molecule has 0 radical (unpaired) electrons. The van der Waals surface area contributed by atoms with Gasteiger partial charge >= 0.3 is 0 Å².